The van der Waals surface area contributed by atoms with Gasteiger partial charge in [-0.15, -0.1) is 0 Å². The summed E-state index contributed by atoms with van der Waals surface area (Å²) in [7, 11) is 0. The quantitative estimate of drug-likeness (QED) is 0.668. The van der Waals surface area contributed by atoms with E-state index in [1.54, 1.807) is 12.4 Å². The fraction of sp³-hybridized carbons (Fsp3) is 0.250. The number of ether oxygens (including phenoxy) is 1. The number of hydrogen-bond donors (Lipinski definition) is 1. The van der Waals surface area contributed by atoms with Gasteiger partial charge < -0.3 is 10.1 Å². The van der Waals surface area contributed by atoms with Crippen LogP contribution in [0.4, 0.5) is 0 Å². The molecule has 5 nitrogen and oxygen atoms in total. The van der Waals surface area contributed by atoms with Crippen molar-refractivity contribution in [2.75, 3.05) is 6.61 Å². The topological polar surface area (TPSA) is 64.1 Å². The first-order valence-electron chi connectivity index (χ1n) is 8.48. The number of nitrogens with one attached hydrogen (secondary N) is 1. The largest absolute Gasteiger partial charge is 0.477 e. The van der Waals surface area contributed by atoms with Gasteiger partial charge in [-0.25, -0.2) is 4.98 Å². The van der Waals surface area contributed by atoms with Crippen molar-refractivity contribution in [1.29, 1.82) is 0 Å². The van der Waals surface area contributed by atoms with Crippen molar-refractivity contribution in [3.05, 3.63) is 66.1 Å². The number of fused-ring (bicyclic) bond motifs is 1. The Labute approximate surface area is 147 Å². The summed E-state index contributed by atoms with van der Waals surface area (Å²) in [5.41, 5.74) is 1.28. The van der Waals surface area contributed by atoms with Crippen LogP contribution in [0, 0.1) is 0 Å². The van der Waals surface area contributed by atoms with Crippen molar-refractivity contribution in [3.8, 4) is 5.88 Å². The molecule has 128 valence electrons. The third-order valence-electron chi connectivity index (χ3n) is 3.91. The Morgan fingerprint density at radius 3 is 2.84 bits per heavy atom. The second-order valence-electron chi connectivity index (χ2n) is 5.73. The molecule has 2 aromatic heterocycles. The van der Waals surface area contributed by atoms with E-state index < -0.39 is 0 Å². The molecule has 1 aromatic carbocycles. The molecule has 0 bridgehead atoms. The first-order chi connectivity index (χ1) is 12.3. The first kappa shape index (κ1) is 16.9. The predicted octanol–water partition coefficient (Wildman–Crippen LogP) is 3.74. The smallest absolute Gasteiger partial charge is 0.270 e. The Balaban J connectivity index is 1.72. The van der Waals surface area contributed by atoms with E-state index in [0.29, 0.717) is 24.7 Å². The van der Waals surface area contributed by atoms with Crippen LogP contribution in [0.1, 0.15) is 35.8 Å². The number of pyridine rings is 2. The van der Waals surface area contributed by atoms with Crippen LogP contribution < -0.4 is 10.1 Å². The molecular weight excluding hydrogens is 314 g/mol. The number of unbranched alkanes of at least 4 members (excludes halogenated alkanes) is 1. The maximum absolute atomic E-state index is 12.6. The predicted molar refractivity (Wildman–Crippen MR) is 97.6 cm³/mol. The highest BCUT2D eigenvalue weighted by Crippen LogP contribution is 2.17. The molecule has 25 heavy (non-hydrogen) atoms. The SMILES string of the molecule is CCCCOc1ncccc1CNC(=O)c1nccc2ccccc12. The third kappa shape index (κ3) is 4.12. The average Bonchev–Trinajstić information content (AvgIpc) is 2.66. The minimum absolute atomic E-state index is 0.208. The molecular formula is C20H21N3O2. The molecule has 0 aliphatic rings. The number of carbonyl (C=O) groups is 1. The number of nitrogens with zero attached hydrogens (tertiary/aromatic N) is 2. The third-order valence-corrected chi connectivity index (χ3v) is 3.91. The normalized spacial score (nSPS) is 10.6. The Hall–Kier alpha value is -2.95. The van der Waals surface area contributed by atoms with Gasteiger partial charge >= 0.3 is 0 Å². The molecule has 3 rings (SSSR count). The van der Waals surface area contributed by atoms with Gasteiger partial charge in [0.25, 0.3) is 5.91 Å². The highest BCUT2D eigenvalue weighted by Gasteiger charge is 2.12. The van der Waals surface area contributed by atoms with E-state index in [1.165, 1.54) is 0 Å². The van der Waals surface area contributed by atoms with Crippen molar-refractivity contribution < 1.29 is 9.53 Å². The monoisotopic (exact) mass is 335 g/mol. The number of carbonyl (C=O) groups excluding carboxylic acids is 1. The molecule has 0 aliphatic carbocycles. The second kappa shape index (κ2) is 8.24. The van der Waals surface area contributed by atoms with Crippen molar-refractivity contribution in [2.24, 2.45) is 0 Å². The van der Waals surface area contributed by atoms with Gasteiger partial charge in [-0.1, -0.05) is 43.7 Å². The zero-order valence-corrected chi connectivity index (χ0v) is 14.2. The van der Waals surface area contributed by atoms with E-state index in [1.807, 2.05) is 42.5 Å². The Morgan fingerprint density at radius 2 is 1.96 bits per heavy atom. The van der Waals surface area contributed by atoms with Crippen molar-refractivity contribution in [3.63, 3.8) is 0 Å². The van der Waals surface area contributed by atoms with E-state index in [9.17, 15) is 4.79 Å². The maximum Gasteiger partial charge on any atom is 0.270 e. The Kier molecular flexibility index (Phi) is 5.57. The molecule has 0 aliphatic heterocycles. The fourth-order valence-electron chi connectivity index (χ4n) is 2.56. The summed E-state index contributed by atoms with van der Waals surface area (Å²) in [5, 5.41) is 4.75. The molecule has 0 saturated carbocycles. The van der Waals surface area contributed by atoms with Gasteiger partial charge in [-0.05, 0) is 23.9 Å². The van der Waals surface area contributed by atoms with E-state index in [-0.39, 0.29) is 5.91 Å². The molecule has 0 saturated heterocycles. The summed E-state index contributed by atoms with van der Waals surface area (Å²) in [6, 6.07) is 13.4. The zero-order chi connectivity index (χ0) is 17.5. The zero-order valence-electron chi connectivity index (χ0n) is 14.2. The van der Waals surface area contributed by atoms with Crippen LogP contribution in [-0.2, 0) is 6.54 Å². The maximum atomic E-state index is 12.6. The highest BCUT2D eigenvalue weighted by molar-refractivity contribution is 6.05. The Bertz CT molecular complexity index is 859. The van der Waals surface area contributed by atoms with Crippen molar-refractivity contribution >= 4 is 16.7 Å². The molecule has 3 aromatic rings. The van der Waals surface area contributed by atoms with Crippen LogP contribution in [0.25, 0.3) is 10.8 Å². The van der Waals surface area contributed by atoms with Gasteiger partial charge in [0.05, 0.1) is 6.61 Å². The Morgan fingerprint density at radius 1 is 1.08 bits per heavy atom. The van der Waals surface area contributed by atoms with E-state index >= 15 is 0 Å². The van der Waals surface area contributed by atoms with E-state index in [0.717, 1.165) is 29.2 Å². The van der Waals surface area contributed by atoms with Gasteiger partial charge in [0.1, 0.15) is 5.69 Å². The summed E-state index contributed by atoms with van der Waals surface area (Å²) in [6.07, 6.45) is 5.38. The van der Waals surface area contributed by atoms with Gasteiger partial charge in [-0.3, -0.25) is 9.78 Å². The van der Waals surface area contributed by atoms with Crippen LogP contribution in [-0.4, -0.2) is 22.5 Å². The molecule has 0 unspecified atom stereocenters. The van der Waals surface area contributed by atoms with Crippen LogP contribution in [0.3, 0.4) is 0 Å². The summed E-state index contributed by atoms with van der Waals surface area (Å²) < 4.78 is 5.71. The summed E-state index contributed by atoms with van der Waals surface area (Å²) in [6.45, 7) is 3.08. The fourth-order valence-corrected chi connectivity index (χ4v) is 2.56. The van der Waals surface area contributed by atoms with Gasteiger partial charge in [0.15, 0.2) is 0 Å². The lowest BCUT2D eigenvalue weighted by Crippen LogP contribution is -2.24. The van der Waals surface area contributed by atoms with Gasteiger partial charge in [-0.2, -0.15) is 0 Å². The summed E-state index contributed by atoms with van der Waals surface area (Å²) >= 11 is 0. The lowest BCUT2D eigenvalue weighted by atomic mass is 10.1. The van der Waals surface area contributed by atoms with E-state index in [4.69, 9.17) is 4.74 Å². The molecule has 5 heteroatoms. The average molecular weight is 335 g/mol. The highest BCUT2D eigenvalue weighted by atomic mass is 16.5. The molecule has 0 atom stereocenters. The molecule has 1 amide bonds. The van der Waals surface area contributed by atoms with Crippen LogP contribution in [0.2, 0.25) is 0 Å². The molecule has 0 spiro atoms. The summed E-state index contributed by atoms with van der Waals surface area (Å²) in [4.78, 5) is 21.1. The van der Waals surface area contributed by atoms with Crippen LogP contribution >= 0.6 is 0 Å². The molecule has 1 N–H and O–H groups in total. The lowest BCUT2D eigenvalue weighted by Gasteiger charge is -2.11. The minimum atomic E-state index is -0.208. The van der Waals surface area contributed by atoms with Crippen LogP contribution in [0.15, 0.2) is 54.9 Å². The number of hydrogen-bond acceptors (Lipinski definition) is 4. The van der Waals surface area contributed by atoms with Crippen molar-refractivity contribution in [1.82, 2.24) is 15.3 Å². The summed E-state index contributed by atoms with van der Waals surface area (Å²) in [5.74, 6) is 0.363. The minimum Gasteiger partial charge on any atom is -0.477 e. The molecule has 0 radical (unpaired) electrons. The number of rotatable bonds is 7. The van der Waals surface area contributed by atoms with Crippen LogP contribution in [0.5, 0.6) is 5.88 Å². The number of aromatic nitrogens is 2. The van der Waals surface area contributed by atoms with E-state index in [2.05, 4.69) is 22.2 Å². The van der Waals surface area contributed by atoms with Crippen molar-refractivity contribution in [2.45, 2.75) is 26.3 Å². The number of benzene rings is 1. The molecule has 0 fully saturated rings. The number of amides is 1. The lowest BCUT2D eigenvalue weighted by molar-refractivity contribution is 0.0947. The molecule has 2 heterocycles. The first-order valence-corrected chi connectivity index (χ1v) is 8.48. The standard InChI is InChI=1S/C20H21N3O2/c1-2-3-13-25-20-16(8-6-11-22-20)14-23-19(24)18-17-9-5-4-7-15(17)10-12-21-18/h4-12H,2-3,13-14H2,1H3,(H,23,24). The second-order valence-corrected chi connectivity index (χ2v) is 5.73. The van der Waals surface area contributed by atoms with Gasteiger partial charge in [0, 0.05) is 29.9 Å². The van der Waals surface area contributed by atoms with Gasteiger partial charge in [0.2, 0.25) is 5.88 Å².